The summed E-state index contributed by atoms with van der Waals surface area (Å²) in [5, 5.41) is 12.4. The van der Waals surface area contributed by atoms with Crippen molar-refractivity contribution in [3.05, 3.63) is 53.4 Å². The Balaban J connectivity index is 2.64. The molecule has 1 aromatic rings. The van der Waals surface area contributed by atoms with E-state index in [9.17, 15) is 14.7 Å². The van der Waals surface area contributed by atoms with Gasteiger partial charge < -0.3 is 19.9 Å². The van der Waals surface area contributed by atoms with Crippen LogP contribution in [0.25, 0.3) is 0 Å². The number of carbonyl (C=O) groups is 2. The van der Waals surface area contributed by atoms with Crippen molar-refractivity contribution in [2.75, 3.05) is 14.2 Å². The molecule has 2 atom stereocenters. The Morgan fingerprint density at radius 2 is 1.78 bits per heavy atom. The van der Waals surface area contributed by atoms with Gasteiger partial charge in [0, 0.05) is 17.3 Å². The van der Waals surface area contributed by atoms with Gasteiger partial charge in [0.1, 0.15) is 11.7 Å². The smallest absolute Gasteiger partial charge is 0.336 e. The van der Waals surface area contributed by atoms with E-state index in [-0.39, 0.29) is 5.75 Å². The first-order valence-corrected chi connectivity index (χ1v) is 7.02. The van der Waals surface area contributed by atoms with Crippen molar-refractivity contribution in [2.24, 2.45) is 5.92 Å². The Kier molecular flexibility index (Phi) is 4.74. The monoisotopic (exact) mass is 317 g/mol. The van der Waals surface area contributed by atoms with E-state index in [2.05, 4.69) is 11.9 Å². The van der Waals surface area contributed by atoms with Crippen LogP contribution < -0.4 is 5.32 Å². The Labute approximate surface area is 134 Å². The van der Waals surface area contributed by atoms with E-state index in [1.165, 1.54) is 26.4 Å². The average molecular weight is 317 g/mol. The maximum absolute atomic E-state index is 12.2. The van der Waals surface area contributed by atoms with Gasteiger partial charge in [0.2, 0.25) is 0 Å². The van der Waals surface area contributed by atoms with E-state index in [1.54, 1.807) is 19.1 Å². The molecule has 1 heterocycles. The molecule has 2 unspecified atom stereocenters. The normalized spacial score (nSPS) is 20.7. The van der Waals surface area contributed by atoms with Crippen LogP contribution in [0.2, 0.25) is 0 Å². The number of hydrogen-bond acceptors (Lipinski definition) is 6. The molecule has 23 heavy (non-hydrogen) atoms. The summed E-state index contributed by atoms with van der Waals surface area (Å²) in [6.45, 7) is 5.60. The standard InChI is InChI=1S/C17H19NO5/c1-9-13(16(20)22-3)15(11-5-7-12(19)8-6-11)14(10(2)18-9)17(21)23-4/h5-8,13,15,18-19H,1H2,2-4H3. The third kappa shape index (κ3) is 3.06. The van der Waals surface area contributed by atoms with Gasteiger partial charge in [0.25, 0.3) is 0 Å². The van der Waals surface area contributed by atoms with E-state index in [1.807, 2.05) is 0 Å². The van der Waals surface area contributed by atoms with E-state index >= 15 is 0 Å². The van der Waals surface area contributed by atoms with Gasteiger partial charge in [0.05, 0.1) is 19.8 Å². The molecule has 122 valence electrons. The number of carbonyl (C=O) groups excluding carboxylic acids is 2. The molecular weight excluding hydrogens is 298 g/mol. The molecule has 2 rings (SSSR count). The van der Waals surface area contributed by atoms with Crippen LogP contribution in [-0.2, 0) is 19.1 Å². The quantitative estimate of drug-likeness (QED) is 0.827. The minimum Gasteiger partial charge on any atom is -0.508 e. The predicted octanol–water partition coefficient (Wildman–Crippen LogP) is 1.83. The molecule has 0 amide bonds. The third-order valence-corrected chi connectivity index (χ3v) is 3.88. The first-order chi connectivity index (χ1) is 10.9. The van der Waals surface area contributed by atoms with Gasteiger partial charge >= 0.3 is 11.9 Å². The van der Waals surface area contributed by atoms with Crippen LogP contribution in [-0.4, -0.2) is 31.3 Å². The van der Waals surface area contributed by atoms with Gasteiger partial charge in [0.15, 0.2) is 0 Å². The number of allylic oxidation sites excluding steroid dienone is 1. The maximum atomic E-state index is 12.2. The van der Waals surface area contributed by atoms with Crippen LogP contribution in [0.1, 0.15) is 18.4 Å². The largest absolute Gasteiger partial charge is 0.508 e. The van der Waals surface area contributed by atoms with Gasteiger partial charge in [-0.15, -0.1) is 0 Å². The zero-order valence-electron chi connectivity index (χ0n) is 13.3. The molecule has 2 N–H and O–H groups in total. The number of ether oxygens (including phenoxy) is 2. The summed E-state index contributed by atoms with van der Waals surface area (Å²) in [6.07, 6.45) is 0. The highest BCUT2D eigenvalue weighted by atomic mass is 16.5. The Morgan fingerprint density at radius 3 is 2.30 bits per heavy atom. The number of aromatic hydroxyl groups is 1. The SMILES string of the molecule is C=C1NC(C)=C(C(=O)OC)C(c2ccc(O)cc2)C1C(=O)OC. The summed E-state index contributed by atoms with van der Waals surface area (Å²) >= 11 is 0. The van der Waals surface area contributed by atoms with Gasteiger partial charge in [-0.25, -0.2) is 4.79 Å². The van der Waals surface area contributed by atoms with Crippen LogP contribution in [0, 0.1) is 5.92 Å². The summed E-state index contributed by atoms with van der Waals surface area (Å²) in [5.41, 5.74) is 2.03. The van der Waals surface area contributed by atoms with Crippen LogP contribution in [0.15, 0.2) is 47.8 Å². The molecule has 0 fully saturated rings. The molecule has 1 aliphatic rings. The fourth-order valence-corrected chi connectivity index (χ4v) is 2.82. The molecular formula is C17H19NO5. The minimum absolute atomic E-state index is 0.0939. The number of benzene rings is 1. The maximum Gasteiger partial charge on any atom is 0.336 e. The summed E-state index contributed by atoms with van der Waals surface area (Å²) < 4.78 is 9.73. The first-order valence-electron chi connectivity index (χ1n) is 7.02. The Hall–Kier alpha value is -2.76. The van der Waals surface area contributed by atoms with Crippen LogP contribution in [0.5, 0.6) is 5.75 Å². The van der Waals surface area contributed by atoms with E-state index < -0.39 is 23.8 Å². The van der Waals surface area contributed by atoms with Crippen molar-refractivity contribution in [3.8, 4) is 5.75 Å². The molecule has 0 radical (unpaired) electrons. The lowest BCUT2D eigenvalue weighted by atomic mass is 9.75. The molecule has 6 heteroatoms. The number of esters is 2. The van der Waals surface area contributed by atoms with Gasteiger partial charge in [-0.3, -0.25) is 4.79 Å². The summed E-state index contributed by atoms with van der Waals surface area (Å²) in [5.74, 6) is -2.33. The number of rotatable bonds is 3. The third-order valence-electron chi connectivity index (χ3n) is 3.88. The van der Waals surface area contributed by atoms with E-state index in [0.29, 0.717) is 22.5 Å². The molecule has 0 saturated carbocycles. The zero-order chi connectivity index (χ0) is 17.1. The van der Waals surface area contributed by atoms with Crippen molar-refractivity contribution >= 4 is 11.9 Å². The lowest BCUT2D eigenvalue weighted by Gasteiger charge is -2.34. The Morgan fingerprint density at radius 1 is 1.17 bits per heavy atom. The molecule has 0 aliphatic carbocycles. The Bertz CT molecular complexity index is 675. The molecule has 0 saturated heterocycles. The second-order valence-corrected chi connectivity index (χ2v) is 5.25. The lowest BCUT2D eigenvalue weighted by Crippen LogP contribution is -2.39. The zero-order valence-corrected chi connectivity index (χ0v) is 13.3. The first kappa shape index (κ1) is 16.6. The van der Waals surface area contributed by atoms with Gasteiger partial charge in [-0.05, 0) is 24.6 Å². The fraction of sp³-hybridized carbons (Fsp3) is 0.294. The van der Waals surface area contributed by atoms with E-state index in [0.717, 1.165) is 0 Å². The molecule has 0 aromatic heterocycles. The van der Waals surface area contributed by atoms with Crippen molar-refractivity contribution in [1.82, 2.24) is 5.32 Å². The molecule has 1 aromatic carbocycles. The summed E-state index contributed by atoms with van der Waals surface area (Å²) in [6, 6.07) is 6.31. The molecule has 1 aliphatic heterocycles. The number of phenolic OH excluding ortho intramolecular Hbond substituents is 1. The molecule has 6 nitrogen and oxygen atoms in total. The highest BCUT2D eigenvalue weighted by Crippen LogP contribution is 2.41. The van der Waals surface area contributed by atoms with Crippen LogP contribution in [0.4, 0.5) is 0 Å². The molecule has 0 bridgehead atoms. The minimum atomic E-state index is -0.776. The van der Waals surface area contributed by atoms with Crippen molar-refractivity contribution < 1.29 is 24.2 Å². The highest BCUT2D eigenvalue weighted by Gasteiger charge is 2.42. The van der Waals surface area contributed by atoms with Gasteiger partial charge in [-0.1, -0.05) is 18.7 Å². The fourth-order valence-electron chi connectivity index (χ4n) is 2.82. The van der Waals surface area contributed by atoms with Crippen molar-refractivity contribution in [2.45, 2.75) is 12.8 Å². The second-order valence-electron chi connectivity index (χ2n) is 5.25. The number of nitrogens with one attached hydrogen (secondary N) is 1. The average Bonchev–Trinajstić information content (AvgIpc) is 2.53. The van der Waals surface area contributed by atoms with Crippen molar-refractivity contribution in [1.29, 1.82) is 0 Å². The molecule has 0 spiro atoms. The van der Waals surface area contributed by atoms with Crippen LogP contribution in [0.3, 0.4) is 0 Å². The predicted molar refractivity (Wildman–Crippen MR) is 83.3 cm³/mol. The lowest BCUT2D eigenvalue weighted by molar-refractivity contribution is -0.145. The highest BCUT2D eigenvalue weighted by molar-refractivity contribution is 5.94. The second kappa shape index (κ2) is 6.56. The van der Waals surface area contributed by atoms with Gasteiger partial charge in [-0.2, -0.15) is 0 Å². The van der Waals surface area contributed by atoms with E-state index in [4.69, 9.17) is 9.47 Å². The number of hydrogen-bond donors (Lipinski definition) is 2. The summed E-state index contributed by atoms with van der Waals surface area (Å²) in [7, 11) is 2.57. The number of phenols is 1. The van der Waals surface area contributed by atoms with Crippen molar-refractivity contribution in [3.63, 3.8) is 0 Å². The van der Waals surface area contributed by atoms with Crippen LogP contribution >= 0.6 is 0 Å². The summed E-state index contributed by atoms with van der Waals surface area (Å²) in [4.78, 5) is 24.5. The topological polar surface area (TPSA) is 84.9 Å². The number of methoxy groups -OCH3 is 2.